The number of hydrogen-bond donors (Lipinski definition) is 2. The maximum atomic E-state index is 13.4. The van der Waals surface area contributed by atoms with Gasteiger partial charge in [-0.2, -0.15) is 10.2 Å². The molecule has 1 amide bonds. The molecule has 200 valence electrons. The van der Waals surface area contributed by atoms with Crippen LogP contribution in [0.4, 0.5) is 11.8 Å². The molecule has 2 aliphatic heterocycles. The highest BCUT2D eigenvalue weighted by Gasteiger charge is 2.40. The van der Waals surface area contributed by atoms with Crippen molar-refractivity contribution in [1.29, 1.82) is 5.26 Å². The average Bonchev–Trinajstić information content (AvgIpc) is 2.96. The normalized spacial score (nSPS) is 20.4. The molecule has 1 saturated heterocycles. The number of piperidine rings is 1. The number of nitrogens with zero attached hydrogens (tertiary/aromatic N) is 3. The van der Waals surface area contributed by atoms with Gasteiger partial charge < -0.3 is 19.7 Å². The Labute approximate surface area is 225 Å². The van der Waals surface area contributed by atoms with Crippen LogP contribution in [0.3, 0.4) is 0 Å². The first kappa shape index (κ1) is 26.0. The fourth-order valence-electron chi connectivity index (χ4n) is 5.14. The van der Waals surface area contributed by atoms with Crippen LogP contribution in [-0.2, 0) is 20.9 Å². The second-order valence-corrected chi connectivity index (χ2v) is 9.61. The van der Waals surface area contributed by atoms with E-state index in [1.54, 1.807) is 31.2 Å². The molecule has 0 radical (unpaired) electrons. The molecule has 3 unspecified atom stereocenters. The third kappa shape index (κ3) is 5.48. The Morgan fingerprint density at radius 1 is 1.15 bits per heavy atom. The van der Waals surface area contributed by atoms with E-state index in [4.69, 9.17) is 9.47 Å². The predicted octanol–water partition coefficient (Wildman–Crippen LogP) is 3.35. The number of nitriles is 1. The molecule has 2 aliphatic rings. The lowest BCUT2D eigenvalue weighted by molar-refractivity contribution is -0.148. The van der Waals surface area contributed by atoms with Crippen molar-refractivity contribution >= 4 is 23.6 Å². The van der Waals surface area contributed by atoms with E-state index in [1.165, 1.54) is 0 Å². The molecule has 0 aliphatic carbocycles. The fraction of sp³-hybridized carbons (Fsp3) is 0.345. The third-order valence-electron chi connectivity index (χ3n) is 7.08. The summed E-state index contributed by atoms with van der Waals surface area (Å²) in [6, 6.07) is 18.9. The van der Waals surface area contributed by atoms with Gasteiger partial charge in [0.1, 0.15) is 24.1 Å². The van der Waals surface area contributed by atoms with E-state index < -0.39 is 23.3 Å². The number of anilines is 2. The molecule has 0 spiro atoms. The number of ether oxygens (including phenoxy) is 2. The summed E-state index contributed by atoms with van der Waals surface area (Å²) in [4.78, 5) is 47.9. The van der Waals surface area contributed by atoms with E-state index in [0.29, 0.717) is 44.0 Å². The van der Waals surface area contributed by atoms with Gasteiger partial charge in [-0.15, -0.1) is 0 Å². The van der Waals surface area contributed by atoms with Gasteiger partial charge in [0, 0.05) is 19.0 Å². The van der Waals surface area contributed by atoms with Crippen LogP contribution < -0.4 is 20.5 Å². The Morgan fingerprint density at radius 3 is 2.64 bits per heavy atom. The molecule has 1 aromatic heterocycles. The molecule has 3 aromatic rings. The Kier molecular flexibility index (Phi) is 7.59. The number of aromatic nitrogens is 2. The van der Waals surface area contributed by atoms with E-state index in [1.807, 2.05) is 35.2 Å². The molecule has 5 rings (SSSR count). The predicted molar refractivity (Wildman–Crippen MR) is 143 cm³/mol. The first-order chi connectivity index (χ1) is 19.0. The summed E-state index contributed by atoms with van der Waals surface area (Å²) < 4.78 is 11.0. The highest BCUT2D eigenvalue weighted by Crippen LogP contribution is 2.39. The number of fused-ring (bicyclic) bond motifs is 1. The van der Waals surface area contributed by atoms with E-state index in [-0.39, 0.29) is 29.2 Å². The molecule has 0 saturated carbocycles. The number of benzene rings is 2. The van der Waals surface area contributed by atoms with Gasteiger partial charge in [0.05, 0.1) is 24.2 Å². The second kappa shape index (κ2) is 11.4. The van der Waals surface area contributed by atoms with Crippen molar-refractivity contribution in [1.82, 2.24) is 9.97 Å². The lowest BCUT2D eigenvalue weighted by Crippen LogP contribution is -2.43. The third-order valence-corrected chi connectivity index (χ3v) is 7.08. The summed E-state index contributed by atoms with van der Waals surface area (Å²) in [7, 11) is 0. The van der Waals surface area contributed by atoms with E-state index >= 15 is 0 Å². The van der Waals surface area contributed by atoms with Crippen LogP contribution in [0.25, 0.3) is 0 Å². The van der Waals surface area contributed by atoms with Gasteiger partial charge in [0.15, 0.2) is 0 Å². The SMILES string of the molecule is CCOC(=O)C1CCCN(c2nc3c(c(=O)[nH]2)C(c2ccc(OCc4ccccc4)cc2)C(C#N)C(=O)N3)C1. The Balaban J connectivity index is 1.42. The minimum Gasteiger partial charge on any atom is -0.489 e. The maximum absolute atomic E-state index is 13.4. The number of carbonyl (C=O) groups is 2. The zero-order valence-electron chi connectivity index (χ0n) is 21.6. The zero-order chi connectivity index (χ0) is 27.4. The fourth-order valence-corrected chi connectivity index (χ4v) is 5.14. The van der Waals surface area contributed by atoms with Crippen molar-refractivity contribution < 1.29 is 19.1 Å². The molecule has 2 aromatic carbocycles. The van der Waals surface area contributed by atoms with Crippen molar-refractivity contribution in [2.24, 2.45) is 11.8 Å². The van der Waals surface area contributed by atoms with Crippen molar-refractivity contribution in [3.63, 3.8) is 0 Å². The quantitative estimate of drug-likeness (QED) is 0.446. The minimum absolute atomic E-state index is 0.123. The number of aromatic amines is 1. The summed E-state index contributed by atoms with van der Waals surface area (Å²) in [5.41, 5.74) is 1.44. The summed E-state index contributed by atoms with van der Waals surface area (Å²) in [5, 5.41) is 12.5. The summed E-state index contributed by atoms with van der Waals surface area (Å²) in [5.74, 6) is -2.01. The van der Waals surface area contributed by atoms with E-state index in [0.717, 1.165) is 12.0 Å². The van der Waals surface area contributed by atoms with E-state index in [9.17, 15) is 19.6 Å². The van der Waals surface area contributed by atoms with Gasteiger partial charge in [-0.05, 0) is 43.0 Å². The van der Waals surface area contributed by atoms with Crippen molar-refractivity contribution in [3.8, 4) is 11.8 Å². The number of hydrogen-bond acceptors (Lipinski definition) is 8. The van der Waals surface area contributed by atoms with Gasteiger partial charge in [0.2, 0.25) is 11.9 Å². The van der Waals surface area contributed by atoms with Gasteiger partial charge in [0.25, 0.3) is 5.56 Å². The topological polar surface area (TPSA) is 137 Å². The number of amides is 1. The standard InChI is InChI=1S/C29H29N5O5/c1-2-38-28(37)20-9-6-14-34(16-20)29-32-25-24(27(36)33-29)23(22(15-30)26(35)31-25)19-10-12-21(13-11-19)39-17-18-7-4-3-5-8-18/h3-5,7-8,10-13,20,22-23H,2,6,9,14,16-17H2,1H3,(H2,31,32,33,35,36). The van der Waals surface area contributed by atoms with Crippen LogP contribution in [0.5, 0.6) is 5.75 Å². The van der Waals surface area contributed by atoms with Gasteiger partial charge in [-0.3, -0.25) is 19.4 Å². The molecular weight excluding hydrogens is 498 g/mol. The molecule has 10 nitrogen and oxygen atoms in total. The van der Waals surface area contributed by atoms with E-state index in [2.05, 4.69) is 21.4 Å². The van der Waals surface area contributed by atoms with Crippen LogP contribution in [0.1, 0.15) is 42.4 Å². The number of carbonyl (C=O) groups excluding carboxylic acids is 2. The molecule has 3 heterocycles. The highest BCUT2D eigenvalue weighted by atomic mass is 16.5. The number of nitrogens with one attached hydrogen (secondary N) is 2. The Morgan fingerprint density at radius 2 is 1.92 bits per heavy atom. The minimum atomic E-state index is -1.11. The van der Waals surface area contributed by atoms with Crippen LogP contribution in [0, 0.1) is 23.2 Å². The van der Waals surface area contributed by atoms with Crippen molar-refractivity contribution in [3.05, 3.63) is 81.6 Å². The summed E-state index contributed by atoms with van der Waals surface area (Å²) in [6.07, 6.45) is 1.42. The largest absolute Gasteiger partial charge is 0.489 e. The Hall–Kier alpha value is -4.65. The van der Waals surface area contributed by atoms with Gasteiger partial charge in [-0.25, -0.2) is 0 Å². The van der Waals surface area contributed by atoms with Crippen LogP contribution >= 0.6 is 0 Å². The number of esters is 1. The molecule has 2 N–H and O–H groups in total. The smallest absolute Gasteiger partial charge is 0.310 e. The zero-order valence-corrected chi connectivity index (χ0v) is 21.6. The molecule has 39 heavy (non-hydrogen) atoms. The highest BCUT2D eigenvalue weighted by molar-refractivity contribution is 5.98. The summed E-state index contributed by atoms with van der Waals surface area (Å²) in [6.45, 7) is 3.41. The first-order valence-corrected chi connectivity index (χ1v) is 13.0. The van der Waals surface area contributed by atoms with Gasteiger partial charge in [-0.1, -0.05) is 42.5 Å². The molecule has 10 heteroatoms. The molecule has 1 fully saturated rings. The monoisotopic (exact) mass is 527 g/mol. The number of rotatable bonds is 7. The van der Waals surface area contributed by atoms with Crippen molar-refractivity contribution in [2.75, 3.05) is 29.9 Å². The molecule has 0 bridgehead atoms. The lowest BCUT2D eigenvalue weighted by atomic mass is 9.79. The van der Waals surface area contributed by atoms with Crippen LogP contribution in [-0.4, -0.2) is 41.5 Å². The van der Waals surface area contributed by atoms with Gasteiger partial charge >= 0.3 is 5.97 Å². The molecule has 3 atom stereocenters. The Bertz CT molecular complexity index is 1450. The summed E-state index contributed by atoms with van der Waals surface area (Å²) >= 11 is 0. The van der Waals surface area contributed by atoms with Crippen LogP contribution in [0.2, 0.25) is 0 Å². The molecular formula is C29H29N5O5. The first-order valence-electron chi connectivity index (χ1n) is 13.0. The van der Waals surface area contributed by atoms with Crippen molar-refractivity contribution in [2.45, 2.75) is 32.3 Å². The lowest BCUT2D eigenvalue weighted by Gasteiger charge is -2.33. The second-order valence-electron chi connectivity index (χ2n) is 9.61. The number of H-pyrrole nitrogens is 1. The average molecular weight is 528 g/mol. The maximum Gasteiger partial charge on any atom is 0.310 e. The van der Waals surface area contributed by atoms with Crippen LogP contribution in [0.15, 0.2) is 59.4 Å².